The molecule has 3 aromatic rings. The number of aryl methyl sites for hydroxylation is 4. The van der Waals surface area contributed by atoms with Crippen molar-refractivity contribution in [1.29, 1.82) is 0 Å². The van der Waals surface area contributed by atoms with Crippen LogP contribution in [0.2, 0.25) is 0 Å². The summed E-state index contributed by atoms with van der Waals surface area (Å²) in [6.45, 7) is 7.51. The van der Waals surface area contributed by atoms with Crippen molar-refractivity contribution in [3.63, 3.8) is 0 Å². The lowest BCUT2D eigenvalue weighted by Gasteiger charge is -2.19. The maximum atomic E-state index is 13.8. The average Bonchev–Trinajstić information content (AvgIpc) is 3.16. The molecule has 0 aromatic heterocycles. The van der Waals surface area contributed by atoms with Crippen LogP contribution < -0.4 is 14.4 Å². The summed E-state index contributed by atoms with van der Waals surface area (Å²) in [5.41, 5.74) is 6.44. The molecule has 3 aromatic carbocycles. The van der Waals surface area contributed by atoms with Crippen molar-refractivity contribution in [2.75, 3.05) is 18.6 Å². The van der Waals surface area contributed by atoms with Gasteiger partial charge in [-0.3, -0.25) is 9.69 Å². The molecule has 0 unspecified atom stereocenters. The molecule has 1 aliphatic heterocycles. The number of nitrogens with zero attached hydrogens (tertiary/aromatic N) is 2. The van der Waals surface area contributed by atoms with Crippen LogP contribution in [0.1, 0.15) is 27.8 Å². The van der Waals surface area contributed by atoms with Crippen LogP contribution in [0.3, 0.4) is 0 Å². The number of aliphatic carboxylic acids is 1. The third-order valence-corrected chi connectivity index (χ3v) is 6.80. The predicted octanol–water partition coefficient (Wildman–Crippen LogP) is 6.20. The fourth-order valence-electron chi connectivity index (χ4n) is 3.85. The first-order chi connectivity index (χ1) is 17.7. The number of anilines is 1. The second-order valence-corrected chi connectivity index (χ2v) is 9.83. The smallest absolute Gasteiger partial charge is 0.341 e. The molecule has 1 amide bonds. The Morgan fingerprint density at radius 3 is 2.38 bits per heavy atom. The van der Waals surface area contributed by atoms with Crippen LogP contribution in [0.25, 0.3) is 6.08 Å². The molecule has 190 valence electrons. The van der Waals surface area contributed by atoms with Crippen molar-refractivity contribution in [3.8, 4) is 11.5 Å². The summed E-state index contributed by atoms with van der Waals surface area (Å²) in [7, 11) is 1.48. The monoisotopic (exact) mass is 516 g/mol. The Balaban J connectivity index is 1.78. The molecule has 1 fully saturated rings. The molecule has 1 N–H and O–H groups in total. The third kappa shape index (κ3) is 5.86. The van der Waals surface area contributed by atoms with Gasteiger partial charge in [0, 0.05) is 0 Å². The Morgan fingerprint density at radius 1 is 0.973 bits per heavy atom. The molecule has 0 atom stereocenters. The van der Waals surface area contributed by atoms with E-state index < -0.39 is 12.6 Å². The summed E-state index contributed by atoms with van der Waals surface area (Å²) < 4.78 is 10.7. The zero-order valence-electron chi connectivity index (χ0n) is 21.4. The van der Waals surface area contributed by atoms with Crippen LogP contribution in [0.5, 0.6) is 11.5 Å². The number of methoxy groups -OCH3 is 1. The number of carboxylic acids is 1. The first-order valence-corrected chi connectivity index (χ1v) is 12.5. The summed E-state index contributed by atoms with van der Waals surface area (Å²) in [5, 5.41) is 9.47. The van der Waals surface area contributed by atoms with Crippen LogP contribution in [-0.4, -0.2) is 35.9 Å². The van der Waals surface area contributed by atoms with Gasteiger partial charge in [-0.15, -0.1) is 0 Å². The van der Waals surface area contributed by atoms with Gasteiger partial charge < -0.3 is 14.6 Å². The standard InChI is InChI=1S/C29H28N2O5S/c1-17-6-8-19(3)22(12-17)30-29-31(23-13-18(2)7-9-20(23)4)28(34)26(37-29)15-21-10-11-24(25(14-21)35-5)36-16-27(32)33/h6-15H,16H2,1-5H3,(H,32,33)/b26-15-,30-29?. The Bertz CT molecular complexity index is 1440. The maximum Gasteiger partial charge on any atom is 0.341 e. The topological polar surface area (TPSA) is 88.4 Å². The second-order valence-electron chi connectivity index (χ2n) is 8.82. The number of carbonyl (C=O) groups excluding carboxylic acids is 1. The molecule has 0 aliphatic carbocycles. The van der Waals surface area contributed by atoms with Gasteiger partial charge >= 0.3 is 5.97 Å². The van der Waals surface area contributed by atoms with E-state index >= 15 is 0 Å². The summed E-state index contributed by atoms with van der Waals surface area (Å²) in [6, 6.07) is 17.2. The molecule has 4 rings (SSSR count). The fourth-order valence-corrected chi connectivity index (χ4v) is 4.84. The normalized spacial score (nSPS) is 15.5. The van der Waals surface area contributed by atoms with E-state index in [9.17, 15) is 9.59 Å². The minimum absolute atomic E-state index is 0.173. The number of benzene rings is 3. The highest BCUT2D eigenvalue weighted by Gasteiger charge is 2.35. The van der Waals surface area contributed by atoms with Gasteiger partial charge in [0.05, 0.1) is 23.4 Å². The molecule has 8 heteroatoms. The maximum absolute atomic E-state index is 13.8. The molecule has 1 heterocycles. The average molecular weight is 517 g/mol. The molecule has 0 saturated carbocycles. The van der Waals surface area contributed by atoms with E-state index in [1.807, 2.05) is 64.1 Å². The van der Waals surface area contributed by atoms with Gasteiger partial charge in [0.15, 0.2) is 23.3 Å². The predicted molar refractivity (Wildman–Crippen MR) is 148 cm³/mol. The number of amides is 1. The van der Waals surface area contributed by atoms with Gasteiger partial charge in [0.2, 0.25) is 0 Å². The minimum Gasteiger partial charge on any atom is -0.493 e. The first-order valence-electron chi connectivity index (χ1n) is 11.7. The molecule has 37 heavy (non-hydrogen) atoms. The lowest BCUT2D eigenvalue weighted by atomic mass is 10.1. The van der Waals surface area contributed by atoms with Crippen molar-refractivity contribution in [2.45, 2.75) is 27.7 Å². The van der Waals surface area contributed by atoms with Crippen molar-refractivity contribution >= 4 is 46.3 Å². The van der Waals surface area contributed by atoms with Crippen LogP contribution in [0, 0.1) is 27.7 Å². The van der Waals surface area contributed by atoms with Gasteiger partial charge in [-0.05, 0) is 97.6 Å². The number of rotatable bonds is 7. The number of amidine groups is 1. The molecule has 1 aliphatic rings. The molecule has 0 radical (unpaired) electrons. The molecular formula is C29H28N2O5S. The van der Waals surface area contributed by atoms with E-state index in [1.54, 1.807) is 29.2 Å². The van der Waals surface area contributed by atoms with E-state index in [2.05, 4.69) is 0 Å². The highest BCUT2D eigenvalue weighted by Crippen LogP contribution is 2.40. The van der Waals surface area contributed by atoms with Crippen molar-refractivity contribution in [1.82, 2.24) is 0 Å². The number of hydrogen-bond acceptors (Lipinski definition) is 6. The number of carboxylic acid groups (broad SMARTS) is 1. The molecule has 0 spiro atoms. The largest absolute Gasteiger partial charge is 0.493 e. The molecule has 0 bridgehead atoms. The van der Waals surface area contributed by atoms with Gasteiger partial charge in [0.1, 0.15) is 0 Å². The summed E-state index contributed by atoms with van der Waals surface area (Å²) in [6.07, 6.45) is 1.78. The van der Waals surface area contributed by atoms with Gasteiger partial charge in [-0.1, -0.05) is 30.3 Å². The number of aliphatic imine (C=N–C) groups is 1. The first kappa shape index (κ1) is 26.0. The van der Waals surface area contributed by atoms with Gasteiger partial charge in [-0.25, -0.2) is 9.79 Å². The summed E-state index contributed by atoms with van der Waals surface area (Å²) >= 11 is 1.31. The second kappa shape index (κ2) is 10.9. The Labute approximate surface area is 220 Å². The number of thioether (sulfide) groups is 1. The Hall–Kier alpha value is -4.04. The summed E-state index contributed by atoms with van der Waals surface area (Å²) in [4.78, 5) is 31.7. The van der Waals surface area contributed by atoms with Gasteiger partial charge in [0.25, 0.3) is 5.91 Å². The van der Waals surface area contributed by atoms with Crippen molar-refractivity contribution in [2.24, 2.45) is 4.99 Å². The van der Waals surface area contributed by atoms with E-state index in [4.69, 9.17) is 19.6 Å². The SMILES string of the molecule is COc1cc(/C=C2\SC(=Nc3cc(C)ccc3C)N(c3cc(C)ccc3C)C2=O)ccc1OCC(=O)O. The van der Waals surface area contributed by atoms with Crippen molar-refractivity contribution in [3.05, 3.63) is 87.3 Å². The van der Waals surface area contributed by atoms with Crippen LogP contribution in [0.15, 0.2) is 64.5 Å². The Morgan fingerprint density at radius 2 is 1.68 bits per heavy atom. The molecular weight excluding hydrogens is 488 g/mol. The van der Waals surface area contributed by atoms with E-state index in [0.29, 0.717) is 27.1 Å². The zero-order chi connectivity index (χ0) is 26.7. The highest BCUT2D eigenvalue weighted by molar-refractivity contribution is 8.19. The lowest BCUT2D eigenvalue weighted by molar-refractivity contribution is -0.139. The zero-order valence-corrected chi connectivity index (χ0v) is 22.2. The van der Waals surface area contributed by atoms with E-state index in [0.717, 1.165) is 33.6 Å². The van der Waals surface area contributed by atoms with E-state index in [-0.39, 0.29) is 5.91 Å². The lowest BCUT2D eigenvalue weighted by Crippen LogP contribution is -2.29. The fraction of sp³-hybridized carbons (Fsp3) is 0.207. The molecule has 7 nitrogen and oxygen atoms in total. The number of carbonyl (C=O) groups is 2. The third-order valence-electron chi connectivity index (χ3n) is 5.83. The van der Waals surface area contributed by atoms with Crippen molar-refractivity contribution < 1.29 is 24.2 Å². The Kier molecular flexibility index (Phi) is 7.69. The number of hydrogen-bond donors (Lipinski definition) is 1. The summed E-state index contributed by atoms with van der Waals surface area (Å²) in [5.74, 6) is -0.565. The number of ether oxygens (including phenoxy) is 2. The minimum atomic E-state index is -1.08. The highest BCUT2D eigenvalue weighted by atomic mass is 32.2. The van der Waals surface area contributed by atoms with Crippen LogP contribution >= 0.6 is 11.8 Å². The van der Waals surface area contributed by atoms with E-state index in [1.165, 1.54) is 18.9 Å². The quantitative estimate of drug-likeness (QED) is 0.376. The molecule has 1 saturated heterocycles. The van der Waals surface area contributed by atoms with Crippen LogP contribution in [0.4, 0.5) is 11.4 Å². The van der Waals surface area contributed by atoms with Crippen LogP contribution in [-0.2, 0) is 9.59 Å². The van der Waals surface area contributed by atoms with Gasteiger partial charge in [-0.2, -0.15) is 0 Å².